The standard InChI is InChI=1S/C9H10N2O2.C7H9N/c1-7-4-2-3-5-8(7)11-9(12)6-10-13;1-6-4-2-3-5-7(6)8/h2-6,13H,1H3,(H,11,12);2-5H,8H2,1H3. The maximum absolute atomic E-state index is 10.9. The monoisotopic (exact) mass is 285 g/mol. The molecule has 0 aliphatic rings. The Hall–Kier alpha value is -2.82. The first-order chi connectivity index (χ1) is 10.0. The van der Waals surface area contributed by atoms with E-state index >= 15 is 0 Å². The Kier molecular flexibility index (Phi) is 6.47. The summed E-state index contributed by atoms with van der Waals surface area (Å²) in [5.74, 6) is -0.447. The molecule has 2 rings (SSSR count). The highest BCUT2D eigenvalue weighted by atomic mass is 16.4. The van der Waals surface area contributed by atoms with E-state index in [1.807, 2.05) is 56.3 Å². The van der Waals surface area contributed by atoms with E-state index in [1.54, 1.807) is 6.07 Å². The number of amides is 1. The lowest BCUT2D eigenvalue weighted by molar-refractivity contribution is -0.110. The zero-order valence-electron chi connectivity index (χ0n) is 12.1. The minimum absolute atomic E-state index is 0.447. The smallest absolute Gasteiger partial charge is 0.270 e. The molecule has 0 saturated heterocycles. The zero-order valence-corrected chi connectivity index (χ0v) is 12.1. The molecule has 5 nitrogen and oxygen atoms in total. The number of carbonyl (C=O) groups is 1. The maximum atomic E-state index is 10.9. The van der Waals surface area contributed by atoms with Crippen LogP contribution in [0.5, 0.6) is 0 Å². The van der Waals surface area contributed by atoms with E-state index in [-0.39, 0.29) is 0 Å². The Labute approximate surface area is 124 Å². The molecule has 110 valence electrons. The van der Waals surface area contributed by atoms with Crippen LogP contribution in [-0.2, 0) is 4.79 Å². The number of oxime groups is 1. The van der Waals surface area contributed by atoms with Crippen LogP contribution in [0.1, 0.15) is 11.1 Å². The number of rotatable bonds is 2. The van der Waals surface area contributed by atoms with Crippen LogP contribution in [0.3, 0.4) is 0 Å². The summed E-state index contributed by atoms with van der Waals surface area (Å²) in [5.41, 5.74) is 9.21. The van der Waals surface area contributed by atoms with Crippen molar-refractivity contribution in [2.75, 3.05) is 11.1 Å². The van der Waals surface area contributed by atoms with Gasteiger partial charge in [-0.3, -0.25) is 4.79 Å². The number of carbonyl (C=O) groups excluding carboxylic acids is 1. The van der Waals surface area contributed by atoms with Crippen molar-refractivity contribution in [3.63, 3.8) is 0 Å². The third-order valence-electron chi connectivity index (χ3n) is 2.77. The summed E-state index contributed by atoms with van der Waals surface area (Å²) in [7, 11) is 0. The maximum Gasteiger partial charge on any atom is 0.270 e. The van der Waals surface area contributed by atoms with Crippen LogP contribution in [0.2, 0.25) is 0 Å². The number of nitrogens with one attached hydrogen (secondary N) is 1. The average molecular weight is 285 g/mol. The molecular weight excluding hydrogens is 266 g/mol. The van der Waals surface area contributed by atoms with Gasteiger partial charge >= 0.3 is 0 Å². The second-order valence-electron chi connectivity index (χ2n) is 4.41. The van der Waals surface area contributed by atoms with Gasteiger partial charge < -0.3 is 16.3 Å². The van der Waals surface area contributed by atoms with Gasteiger partial charge in [-0.05, 0) is 37.1 Å². The molecule has 1 amide bonds. The molecule has 4 N–H and O–H groups in total. The summed E-state index contributed by atoms with van der Waals surface area (Å²) in [6, 6.07) is 15.2. The number of aryl methyl sites for hydroxylation is 2. The number of anilines is 2. The SMILES string of the molecule is Cc1ccccc1N.Cc1ccccc1NC(=O)C=NO. The molecule has 0 aromatic heterocycles. The van der Waals surface area contributed by atoms with E-state index in [4.69, 9.17) is 10.9 Å². The fraction of sp³-hybridized carbons (Fsp3) is 0.125. The highest BCUT2D eigenvalue weighted by Crippen LogP contribution is 2.12. The van der Waals surface area contributed by atoms with Crippen molar-refractivity contribution in [2.24, 2.45) is 5.16 Å². The third-order valence-corrected chi connectivity index (χ3v) is 2.77. The van der Waals surface area contributed by atoms with Crippen molar-refractivity contribution in [3.8, 4) is 0 Å². The van der Waals surface area contributed by atoms with Gasteiger partial charge in [-0.15, -0.1) is 0 Å². The summed E-state index contributed by atoms with van der Waals surface area (Å²) < 4.78 is 0. The number of benzene rings is 2. The number of hydrogen-bond acceptors (Lipinski definition) is 4. The van der Waals surface area contributed by atoms with Crippen LogP contribution >= 0.6 is 0 Å². The quantitative estimate of drug-likeness (QED) is 0.343. The van der Waals surface area contributed by atoms with Gasteiger partial charge in [-0.2, -0.15) is 0 Å². The first kappa shape index (κ1) is 16.2. The van der Waals surface area contributed by atoms with Crippen molar-refractivity contribution in [3.05, 3.63) is 59.7 Å². The first-order valence-corrected chi connectivity index (χ1v) is 6.39. The minimum atomic E-state index is -0.447. The first-order valence-electron chi connectivity index (χ1n) is 6.39. The molecular formula is C16H19N3O2. The molecule has 0 aliphatic carbocycles. The van der Waals surface area contributed by atoms with Crippen molar-refractivity contribution >= 4 is 23.5 Å². The molecule has 2 aromatic rings. The number of nitrogen functional groups attached to an aromatic ring is 1. The Bertz CT molecular complexity index is 603. The summed E-state index contributed by atoms with van der Waals surface area (Å²) in [6.07, 6.45) is 0.812. The Morgan fingerprint density at radius 2 is 1.67 bits per heavy atom. The van der Waals surface area contributed by atoms with Gasteiger partial charge in [0.05, 0.1) is 0 Å². The van der Waals surface area contributed by atoms with E-state index < -0.39 is 5.91 Å². The third kappa shape index (κ3) is 5.78. The molecule has 0 atom stereocenters. The highest BCUT2D eigenvalue weighted by molar-refractivity contribution is 6.31. The molecule has 5 heteroatoms. The van der Waals surface area contributed by atoms with Crippen LogP contribution in [0.25, 0.3) is 0 Å². The van der Waals surface area contributed by atoms with Crippen LogP contribution < -0.4 is 11.1 Å². The molecule has 0 spiro atoms. The van der Waals surface area contributed by atoms with E-state index in [0.29, 0.717) is 5.69 Å². The molecule has 2 aromatic carbocycles. The minimum Gasteiger partial charge on any atom is -0.411 e. The van der Waals surface area contributed by atoms with Gasteiger partial charge in [-0.1, -0.05) is 41.6 Å². The van der Waals surface area contributed by atoms with E-state index in [2.05, 4.69) is 10.5 Å². The van der Waals surface area contributed by atoms with Crippen molar-refractivity contribution in [1.29, 1.82) is 0 Å². The fourth-order valence-corrected chi connectivity index (χ4v) is 1.52. The predicted octanol–water partition coefficient (Wildman–Crippen LogP) is 2.97. The summed E-state index contributed by atoms with van der Waals surface area (Å²) >= 11 is 0. The molecule has 0 aliphatic heterocycles. The van der Waals surface area contributed by atoms with Crippen molar-refractivity contribution < 1.29 is 10.0 Å². The second kappa shape index (κ2) is 8.37. The van der Waals surface area contributed by atoms with Crippen LogP contribution in [0.4, 0.5) is 11.4 Å². The van der Waals surface area contributed by atoms with Gasteiger partial charge in [0.15, 0.2) is 0 Å². The van der Waals surface area contributed by atoms with Crippen LogP contribution in [-0.4, -0.2) is 17.3 Å². The lowest BCUT2D eigenvalue weighted by Crippen LogP contribution is -2.13. The number of nitrogens with zero attached hydrogens (tertiary/aromatic N) is 1. The second-order valence-corrected chi connectivity index (χ2v) is 4.41. The van der Waals surface area contributed by atoms with Crippen molar-refractivity contribution in [1.82, 2.24) is 0 Å². The van der Waals surface area contributed by atoms with E-state index in [1.165, 1.54) is 0 Å². The number of hydrogen-bond donors (Lipinski definition) is 3. The predicted molar refractivity (Wildman–Crippen MR) is 85.7 cm³/mol. The van der Waals surface area contributed by atoms with Gasteiger partial charge in [0.2, 0.25) is 0 Å². The lowest BCUT2D eigenvalue weighted by atomic mass is 10.2. The van der Waals surface area contributed by atoms with Gasteiger partial charge in [0, 0.05) is 11.4 Å². The lowest BCUT2D eigenvalue weighted by Gasteiger charge is -2.04. The van der Waals surface area contributed by atoms with Gasteiger partial charge in [0.1, 0.15) is 6.21 Å². The van der Waals surface area contributed by atoms with Crippen LogP contribution in [0.15, 0.2) is 53.7 Å². The van der Waals surface area contributed by atoms with E-state index in [9.17, 15) is 4.79 Å². The topological polar surface area (TPSA) is 87.7 Å². The van der Waals surface area contributed by atoms with Gasteiger partial charge in [-0.25, -0.2) is 0 Å². The molecule has 0 fully saturated rings. The molecule has 0 radical (unpaired) electrons. The molecule has 0 heterocycles. The Morgan fingerprint density at radius 3 is 2.14 bits per heavy atom. The molecule has 0 saturated carbocycles. The Balaban J connectivity index is 0.000000235. The average Bonchev–Trinajstić information content (AvgIpc) is 2.46. The van der Waals surface area contributed by atoms with Crippen molar-refractivity contribution in [2.45, 2.75) is 13.8 Å². The number of para-hydroxylation sites is 2. The Morgan fingerprint density at radius 1 is 1.10 bits per heavy atom. The van der Waals surface area contributed by atoms with Gasteiger partial charge in [0.25, 0.3) is 5.91 Å². The normalized spacial score (nSPS) is 9.81. The molecule has 0 unspecified atom stereocenters. The summed E-state index contributed by atoms with van der Waals surface area (Å²) in [6.45, 7) is 3.88. The largest absolute Gasteiger partial charge is 0.411 e. The fourth-order valence-electron chi connectivity index (χ4n) is 1.52. The summed E-state index contributed by atoms with van der Waals surface area (Å²) in [5, 5.41) is 13.3. The van der Waals surface area contributed by atoms with Crippen LogP contribution in [0, 0.1) is 13.8 Å². The number of nitrogens with two attached hydrogens (primary N) is 1. The highest BCUT2D eigenvalue weighted by Gasteiger charge is 2.00. The molecule has 0 bridgehead atoms. The van der Waals surface area contributed by atoms with E-state index in [0.717, 1.165) is 23.0 Å². The molecule has 21 heavy (non-hydrogen) atoms. The summed E-state index contributed by atoms with van der Waals surface area (Å²) in [4.78, 5) is 10.9. The zero-order chi connectivity index (χ0) is 15.7.